The van der Waals surface area contributed by atoms with Crippen molar-refractivity contribution in [1.82, 2.24) is 4.90 Å². The molecule has 4 amide bonds. The van der Waals surface area contributed by atoms with Crippen molar-refractivity contribution < 1.29 is 28.7 Å². The number of nitrogens with zero attached hydrogens (tertiary/aromatic N) is 2. The van der Waals surface area contributed by atoms with E-state index < -0.39 is 23.8 Å². The van der Waals surface area contributed by atoms with Gasteiger partial charge >= 0.3 is 0 Å². The first-order chi connectivity index (χ1) is 18.2. The standard InChI is InChI=1S/C29H29N3O6/c1-18-5-7-20(8-6-18)17-31(28(35)21-9-14-25(37-3)26(15-21)38-4)24-16-27(34)32(29(24)36)23-12-10-22(11-13-23)30-19(2)33/h5-15,24H,16-17H2,1-4H3,(H,30,33). The second-order valence-corrected chi connectivity index (χ2v) is 9.00. The molecule has 0 spiro atoms. The topological polar surface area (TPSA) is 105 Å². The molecule has 1 aliphatic heterocycles. The van der Waals surface area contributed by atoms with Gasteiger partial charge in [-0.05, 0) is 55.0 Å². The number of imide groups is 1. The van der Waals surface area contributed by atoms with Gasteiger partial charge in [0.25, 0.3) is 11.8 Å². The summed E-state index contributed by atoms with van der Waals surface area (Å²) in [5.74, 6) is -0.713. The lowest BCUT2D eigenvalue weighted by molar-refractivity contribution is -0.122. The predicted molar refractivity (Wildman–Crippen MR) is 142 cm³/mol. The lowest BCUT2D eigenvalue weighted by Gasteiger charge is -2.28. The van der Waals surface area contributed by atoms with Crippen LogP contribution in [0.5, 0.6) is 11.5 Å². The molecular formula is C29H29N3O6. The summed E-state index contributed by atoms with van der Waals surface area (Å²) in [7, 11) is 2.98. The Hall–Kier alpha value is -4.66. The summed E-state index contributed by atoms with van der Waals surface area (Å²) in [4.78, 5) is 54.3. The van der Waals surface area contributed by atoms with Crippen molar-refractivity contribution in [2.45, 2.75) is 32.9 Å². The van der Waals surface area contributed by atoms with Crippen LogP contribution in [0.1, 0.15) is 34.8 Å². The zero-order chi connectivity index (χ0) is 27.4. The van der Waals surface area contributed by atoms with Crippen LogP contribution in [0.2, 0.25) is 0 Å². The van der Waals surface area contributed by atoms with Crippen LogP contribution in [0.3, 0.4) is 0 Å². The minimum absolute atomic E-state index is 0.131. The Bertz CT molecular complexity index is 1370. The van der Waals surface area contributed by atoms with Crippen LogP contribution in [0.15, 0.2) is 66.7 Å². The first-order valence-electron chi connectivity index (χ1n) is 12.0. The van der Waals surface area contributed by atoms with Crippen LogP contribution in [0, 0.1) is 6.92 Å². The number of hydrogen-bond acceptors (Lipinski definition) is 6. The average Bonchev–Trinajstić information content (AvgIpc) is 3.20. The SMILES string of the molecule is COc1ccc(C(=O)N(Cc2ccc(C)cc2)C2CC(=O)N(c3ccc(NC(C)=O)cc3)C2=O)cc1OC. The highest BCUT2D eigenvalue weighted by Crippen LogP contribution is 2.31. The van der Waals surface area contributed by atoms with Gasteiger partial charge in [0.1, 0.15) is 6.04 Å². The molecule has 9 heteroatoms. The average molecular weight is 516 g/mol. The molecule has 0 bridgehead atoms. The Morgan fingerprint density at radius 1 is 0.947 bits per heavy atom. The molecule has 0 saturated carbocycles. The number of anilines is 2. The predicted octanol–water partition coefficient (Wildman–Crippen LogP) is 3.95. The molecule has 3 aromatic carbocycles. The van der Waals surface area contributed by atoms with Crippen LogP contribution in [0.25, 0.3) is 0 Å². The molecule has 1 N–H and O–H groups in total. The van der Waals surface area contributed by atoms with Crippen molar-refractivity contribution in [3.8, 4) is 11.5 Å². The fraction of sp³-hybridized carbons (Fsp3) is 0.241. The molecule has 0 aliphatic carbocycles. The van der Waals surface area contributed by atoms with Gasteiger partial charge in [-0.15, -0.1) is 0 Å². The van der Waals surface area contributed by atoms with Gasteiger partial charge in [0.15, 0.2) is 11.5 Å². The van der Waals surface area contributed by atoms with Gasteiger partial charge in [-0.1, -0.05) is 29.8 Å². The van der Waals surface area contributed by atoms with Gasteiger partial charge in [0.05, 0.1) is 26.3 Å². The second kappa shape index (κ2) is 11.2. The molecular weight excluding hydrogens is 486 g/mol. The normalized spacial score (nSPS) is 14.8. The molecule has 4 rings (SSSR count). The smallest absolute Gasteiger partial charge is 0.257 e. The molecule has 9 nitrogen and oxygen atoms in total. The second-order valence-electron chi connectivity index (χ2n) is 9.00. The van der Waals surface area contributed by atoms with Crippen LogP contribution < -0.4 is 19.7 Å². The summed E-state index contributed by atoms with van der Waals surface area (Å²) in [5, 5.41) is 2.65. The third-order valence-electron chi connectivity index (χ3n) is 6.31. The summed E-state index contributed by atoms with van der Waals surface area (Å²) in [6.45, 7) is 3.49. The summed E-state index contributed by atoms with van der Waals surface area (Å²) < 4.78 is 10.6. The Labute approximate surface area is 220 Å². The quantitative estimate of drug-likeness (QED) is 0.456. The molecule has 0 radical (unpaired) electrons. The number of aryl methyl sites for hydroxylation is 1. The molecule has 0 aromatic heterocycles. The maximum absolute atomic E-state index is 13.8. The lowest BCUT2D eigenvalue weighted by atomic mass is 10.1. The van der Waals surface area contributed by atoms with Gasteiger partial charge in [-0.25, -0.2) is 4.90 Å². The van der Waals surface area contributed by atoms with E-state index in [1.165, 1.54) is 26.0 Å². The number of methoxy groups -OCH3 is 2. The van der Waals surface area contributed by atoms with E-state index in [9.17, 15) is 19.2 Å². The number of carbonyl (C=O) groups is 4. The zero-order valence-electron chi connectivity index (χ0n) is 21.7. The van der Waals surface area contributed by atoms with Crippen molar-refractivity contribution in [2.75, 3.05) is 24.4 Å². The minimum atomic E-state index is -1.00. The van der Waals surface area contributed by atoms with Crippen molar-refractivity contribution in [3.63, 3.8) is 0 Å². The maximum atomic E-state index is 13.8. The number of ether oxygens (including phenoxy) is 2. The van der Waals surface area contributed by atoms with Gasteiger partial charge in [0.2, 0.25) is 11.8 Å². The third-order valence-corrected chi connectivity index (χ3v) is 6.31. The summed E-state index contributed by atoms with van der Waals surface area (Å²) in [5.41, 5.74) is 3.09. The van der Waals surface area contributed by atoms with E-state index >= 15 is 0 Å². The first-order valence-corrected chi connectivity index (χ1v) is 12.0. The number of hydrogen-bond donors (Lipinski definition) is 1. The third kappa shape index (κ3) is 5.51. The summed E-state index contributed by atoms with van der Waals surface area (Å²) in [6.07, 6.45) is -0.156. The van der Waals surface area contributed by atoms with E-state index in [1.807, 2.05) is 31.2 Å². The molecule has 1 aliphatic rings. The molecule has 1 heterocycles. The molecule has 1 fully saturated rings. The molecule has 196 valence electrons. The van der Waals surface area contributed by atoms with E-state index in [-0.39, 0.29) is 18.9 Å². The van der Waals surface area contributed by atoms with Crippen LogP contribution in [-0.4, -0.2) is 48.8 Å². The number of rotatable bonds is 8. The number of amides is 4. The van der Waals surface area contributed by atoms with E-state index in [0.29, 0.717) is 28.4 Å². The summed E-state index contributed by atoms with van der Waals surface area (Å²) >= 11 is 0. The van der Waals surface area contributed by atoms with Gasteiger partial charge in [0, 0.05) is 24.7 Å². The van der Waals surface area contributed by atoms with E-state index in [1.54, 1.807) is 42.5 Å². The van der Waals surface area contributed by atoms with Crippen LogP contribution in [0.4, 0.5) is 11.4 Å². The summed E-state index contributed by atoms with van der Waals surface area (Å²) in [6, 6.07) is 17.8. The molecule has 1 atom stereocenters. The van der Waals surface area contributed by atoms with Crippen LogP contribution in [-0.2, 0) is 20.9 Å². The lowest BCUT2D eigenvalue weighted by Crippen LogP contribution is -2.45. The number of carbonyl (C=O) groups excluding carboxylic acids is 4. The van der Waals surface area contributed by atoms with E-state index in [0.717, 1.165) is 16.0 Å². The molecule has 38 heavy (non-hydrogen) atoms. The minimum Gasteiger partial charge on any atom is -0.493 e. The first kappa shape index (κ1) is 26.4. The zero-order valence-corrected chi connectivity index (χ0v) is 21.7. The van der Waals surface area contributed by atoms with Crippen molar-refractivity contribution in [3.05, 3.63) is 83.4 Å². The molecule has 1 unspecified atom stereocenters. The highest BCUT2D eigenvalue weighted by Gasteiger charge is 2.44. The highest BCUT2D eigenvalue weighted by molar-refractivity contribution is 6.23. The van der Waals surface area contributed by atoms with E-state index in [2.05, 4.69) is 5.32 Å². The Kier molecular flexibility index (Phi) is 7.76. The Balaban J connectivity index is 1.67. The van der Waals surface area contributed by atoms with Crippen molar-refractivity contribution >= 4 is 35.0 Å². The van der Waals surface area contributed by atoms with Crippen molar-refractivity contribution in [2.24, 2.45) is 0 Å². The van der Waals surface area contributed by atoms with Gasteiger partial charge < -0.3 is 19.7 Å². The fourth-order valence-corrected chi connectivity index (χ4v) is 4.38. The van der Waals surface area contributed by atoms with Crippen LogP contribution >= 0.6 is 0 Å². The largest absolute Gasteiger partial charge is 0.493 e. The molecule has 1 saturated heterocycles. The molecule has 3 aromatic rings. The highest BCUT2D eigenvalue weighted by atomic mass is 16.5. The number of benzene rings is 3. The van der Waals surface area contributed by atoms with Crippen molar-refractivity contribution in [1.29, 1.82) is 0 Å². The Morgan fingerprint density at radius 3 is 2.21 bits per heavy atom. The Morgan fingerprint density at radius 2 is 1.61 bits per heavy atom. The maximum Gasteiger partial charge on any atom is 0.257 e. The monoisotopic (exact) mass is 515 g/mol. The fourth-order valence-electron chi connectivity index (χ4n) is 4.38. The van der Waals surface area contributed by atoms with E-state index in [4.69, 9.17) is 9.47 Å². The number of nitrogens with one attached hydrogen (secondary N) is 1. The van der Waals surface area contributed by atoms with Gasteiger partial charge in [-0.2, -0.15) is 0 Å². The van der Waals surface area contributed by atoms with Gasteiger partial charge in [-0.3, -0.25) is 19.2 Å².